The second-order valence-electron chi connectivity index (χ2n) is 13.9. The minimum absolute atomic E-state index is 0.0998. The van der Waals surface area contributed by atoms with Crippen LogP contribution in [0.25, 0.3) is 89.0 Å². The highest BCUT2D eigenvalue weighted by molar-refractivity contribution is 6.25. The van der Waals surface area contributed by atoms with Gasteiger partial charge in [-0.1, -0.05) is 154 Å². The van der Waals surface area contributed by atoms with E-state index in [4.69, 9.17) is 5.73 Å². The van der Waals surface area contributed by atoms with Crippen molar-refractivity contribution in [2.45, 2.75) is 19.3 Å². The molecule has 1 aliphatic rings. The fraction of sp³-hybridized carbons (Fsp3) is 0.0612. The molecule has 0 unspecified atom stereocenters. The monoisotopic (exact) mass is 639 g/mol. The lowest BCUT2D eigenvalue weighted by atomic mass is 9.79. The molecule has 238 valence electrons. The largest absolute Gasteiger partial charge is 0.405 e. The van der Waals surface area contributed by atoms with Crippen LogP contribution < -0.4 is 5.73 Å². The standard InChI is InChI=1S/C49H37N/c1-4-36-34(26-27-50)28-33-16-8-9-17-37(33)47(36)48-41-20-11-10-19-40(41)46(43-29-32(22-25-42(43)48)31-14-6-5-7-15-31)35-23-24-39-38-18-12-13-21-44(38)49(2,3)45(39)30-35/h4-30H,1,50H2,2-3H3/b27-26-. The van der Waals surface area contributed by atoms with Crippen molar-refractivity contribution in [2.75, 3.05) is 0 Å². The summed E-state index contributed by atoms with van der Waals surface area (Å²) in [6, 6.07) is 53.6. The molecule has 2 N–H and O–H groups in total. The Morgan fingerprint density at radius 3 is 1.92 bits per heavy atom. The van der Waals surface area contributed by atoms with Gasteiger partial charge >= 0.3 is 0 Å². The van der Waals surface area contributed by atoms with E-state index in [0.717, 1.165) is 11.1 Å². The Labute approximate surface area is 293 Å². The lowest BCUT2D eigenvalue weighted by molar-refractivity contribution is 0.660. The van der Waals surface area contributed by atoms with Crippen LogP contribution in [-0.4, -0.2) is 0 Å². The molecule has 9 rings (SSSR count). The van der Waals surface area contributed by atoms with Crippen LogP contribution in [0.15, 0.2) is 158 Å². The first-order valence-electron chi connectivity index (χ1n) is 17.3. The van der Waals surface area contributed by atoms with Crippen LogP contribution >= 0.6 is 0 Å². The Kier molecular flexibility index (Phi) is 6.86. The van der Waals surface area contributed by atoms with Crippen molar-refractivity contribution in [3.8, 4) is 44.5 Å². The fourth-order valence-corrected chi connectivity index (χ4v) is 8.54. The Balaban J connectivity index is 1.44. The van der Waals surface area contributed by atoms with Gasteiger partial charge in [-0.05, 0) is 130 Å². The predicted octanol–water partition coefficient (Wildman–Crippen LogP) is 13.0. The number of benzene rings is 8. The molecule has 1 heteroatoms. The van der Waals surface area contributed by atoms with Crippen LogP contribution in [-0.2, 0) is 5.41 Å². The first-order chi connectivity index (χ1) is 24.5. The maximum absolute atomic E-state index is 6.03. The third-order valence-electron chi connectivity index (χ3n) is 10.9. The highest BCUT2D eigenvalue weighted by Gasteiger charge is 2.35. The number of hydrogen-bond acceptors (Lipinski definition) is 1. The zero-order valence-corrected chi connectivity index (χ0v) is 28.4. The van der Waals surface area contributed by atoms with Crippen molar-refractivity contribution in [3.63, 3.8) is 0 Å². The molecule has 1 aliphatic carbocycles. The number of hydrogen-bond donors (Lipinski definition) is 1. The van der Waals surface area contributed by atoms with E-state index in [0.29, 0.717) is 0 Å². The van der Waals surface area contributed by atoms with Gasteiger partial charge in [-0.25, -0.2) is 0 Å². The summed E-state index contributed by atoms with van der Waals surface area (Å²) in [7, 11) is 0. The van der Waals surface area contributed by atoms with Gasteiger partial charge in [-0.15, -0.1) is 0 Å². The highest BCUT2D eigenvalue weighted by Crippen LogP contribution is 2.52. The van der Waals surface area contributed by atoms with Gasteiger partial charge in [0, 0.05) is 5.41 Å². The Bertz CT molecular complexity index is 2690. The quantitative estimate of drug-likeness (QED) is 0.186. The number of rotatable bonds is 5. The van der Waals surface area contributed by atoms with Gasteiger partial charge in [0.25, 0.3) is 0 Å². The molecule has 0 aliphatic heterocycles. The van der Waals surface area contributed by atoms with Gasteiger partial charge in [0.15, 0.2) is 0 Å². The Hall–Kier alpha value is -6.18. The summed E-state index contributed by atoms with van der Waals surface area (Å²) < 4.78 is 0. The summed E-state index contributed by atoms with van der Waals surface area (Å²) in [5, 5.41) is 7.25. The van der Waals surface area contributed by atoms with Crippen molar-refractivity contribution >= 4 is 44.5 Å². The van der Waals surface area contributed by atoms with E-state index in [1.807, 2.05) is 12.2 Å². The smallest absolute Gasteiger partial charge is 0.0159 e. The Morgan fingerprint density at radius 2 is 1.14 bits per heavy atom. The fourth-order valence-electron chi connectivity index (χ4n) is 8.54. The van der Waals surface area contributed by atoms with Crippen LogP contribution in [0.4, 0.5) is 0 Å². The molecule has 0 radical (unpaired) electrons. The minimum Gasteiger partial charge on any atom is -0.405 e. The van der Waals surface area contributed by atoms with E-state index in [2.05, 4.69) is 166 Å². The molecule has 0 fully saturated rings. The van der Waals surface area contributed by atoms with Crippen molar-refractivity contribution < 1.29 is 0 Å². The molecule has 0 amide bonds. The van der Waals surface area contributed by atoms with Gasteiger partial charge in [0.1, 0.15) is 0 Å². The molecule has 8 aromatic rings. The molecule has 0 spiro atoms. The average molecular weight is 640 g/mol. The molecular formula is C49H37N. The summed E-state index contributed by atoms with van der Waals surface area (Å²) in [6.45, 7) is 9.06. The second-order valence-corrected chi connectivity index (χ2v) is 13.9. The maximum Gasteiger partial charge on any atom is 0.0159 e. The zero-order valence-electron chi connectivity index (χ0n) is 28.4. The van der Waals surface area contributed by atoms with Crippen LogP contribution in [0.3, 0.4) is 0 Å². The van der Waals surface area contributed by atoms with Crippen LogP contribution in [0, 0.1) is 0 Å². The van der Waals surface area contributed by atoms with Gasteiger partial charge in [0.05, 0.1) is 0 Å². The van der Waals surface area contributed by atoms with E-state index >= 15 is 0 Å². The lowest BCUT2D eigenvalue weighted by Gasteiger charge is -2.24. The molecule has 0 bridgehead atoms. The average Bonchev–Trinajstić information content (AvgIpc) is 3.39. The zero-order chi connectivity index (χ0) is 34.0. The van der Waals surface area contributed by atoms with Crippen LogP contribution in [0.1, 0.15) is 36.1 Å². The summed E-state index contributed by atoms with van der Waals surface area (Å²) >= 11 is 0. The van der Waals surface area contributed by atoms with E-state index in [1.165, 1.54) is 88.0 Å². The molecule has 0 atom stereocenters. The third kappa shape index (κ3) is 4.40. The molecule has 8 aromatic carbocycles. The highest BCUT2D eigenvalue weighted by atomic mass is 14.5. The summed E-state index contributed by atoms with van der Waals surface area (Å²) in [5.41, 5.74) is 20.8. The Morgan fingerprint density at radius 1 is 0.500 bits per heavy atom. The molecule has 0 heterocycles. The number of fused-ring (bicyclic) bond motifs is 6. The van der Waals surface area contributed by atoms with Gasteiger partial charge < -0.3 is 5.73 Å². The van der Waals surface area contributed by atoms with E-state index in [9.17, 15) is 0 Å². The summed E-state index contributed by atoms with van der Waals surface area (Å²) in [6.07, 6.45) is 5.60. The molecule has 0 saturated carbocycles. The predicted molar refractivity (Wildman–Crippen MR) is 216 cm³/mol. The third-order valence-corrected chi connectivity index (χ3v) is 10.9. The molecular weight excluding hydrogens is 603 g/mol. The molecule has 0 aromatic heterocycles. The van der Waals surface area contributed by atoms with Gasteiger partial charge in [-0.2, -0.15) is 0 Å². The van der Waals surface area contributed by atoms with Crippen LogP contribution in [0.2, 0.25) is 0 Å². The minimum atomic E-state index is -0.0998. The molecule has 50 heavy (non-hydrogen) atoms. The van der Waals surface area contributed by atoms with Crippen LogP contribution in [0.5, 0.6) is 0 Å². The van der Waals surface area contributed by atoms with Gasteiger partial charge in [0.2, 0.25) is 0 Å². The molecule has 1 nitrogen and oxygen atoms in total. The second kappa shape index (κ2) is 11.5. The topological polar surface area (TPSA) is 26.0 Å². The lowest BCUT2D eigenvalue weighted by Crippen LogP contribution is -2.14. The maximum atomic E-state index is 6.03. The summed E-state index contributed by atoms with van der Waals surface area (Å²) in [5.74, 6) is 0. The van der Waals surface area contributed by atoms with E-state index in [-0.39, 0.29) is 5.41 Å². The van der Waals surface area contributed by atoms with Crippen molar-refractivity contribution in [1.29, 1.82) is 0 Å². The van der Waals surface area contributed by atoms with E-state index < -0.39 is 0 Å². The van der Waals surface area contributed by atoms with Crippen molar-refractivity contribution in [1.82, 2.24) is 0 Å². The normalized spacial score (nSPS) is 13.2. The summed E-state index contributed by atoms with van der Waals surface area (Å²) in [4.78, 5) is 0. The number of nitrogens with two attached hydrogens (primary N) is 1. The van der Waals surface area contributed by atoms with Gasteiger partial charge in [-0.3, -0.25) is 0 Å². The van der Waals surface area contributed by atoms with E-state index in [1.54, 1.807) is 6.20 Å². The van der Waals surface area contributed by atoms with Crippen molar-refractivity contribution in [2.24, 2.45) is 5.73 Å². The molecule has 0 saturated heterocycles. The SMILES string of the molecule is C=Cc1c(/C=C\N)cc2ccccc2c1-c1c2ccccc2c(-c2ccc3c(c2)C(C)(C)c2ccccc2-3)c2cc(-c3ccccc3)ccc12. The first-order valence-corrected chi connectivity index (χ1v) is 17.3. The van der Waals surface area contributed by atoms with Crippen molar-refractivity contribution in [3.05, 3.63) is 181 Å². The first kappa shape index (κ1) is 29.9.